The molecule has 1 aromatic rings. The first-order valence-electron chi connectivity index (χ1n) is 12.2. The molecule has 0 fully saturated rings. The van der Waals surface area contributed by atoms with Gasteiger partial charge in [-0.3, -0.25) is 4.79 Å². The van der Waals surface area contributed by atoms with Crippen LogP contribution in [-0.2, 0) is 20.8 Å². The van der Waals surface area contributed by atoms with E-state index < -0.39 is 6.09 Å². The van der Waals surface area contributed by atoms with E-state index in [0.29, 0.717) is 45.7 Å². The molecule has 1 unspecified atom stereocenters. The van der Waals surface area contributed by atoms with Crippen LogP contribution < -0.4 is 16.0 Å². The zero-order valence-corrected chi connectivity index (χ0v) is 20.3. The van der Waals surface area contributed by atoms with Crippen molar-refractivity contribution in [3.63, 3.8) is 0 Å². The Morgan fingerprint density at radius 1 is 1.00 bits per heavy atom. The number of nitrogens with one attached hydrogen (secondary N) is 3. The van der Waals surface area contributed by atoms with Crippen LogP contribution in [-0.4, -0.2) is 62.7 Å². The summed E-state index contributed by atoms with van der Waals surface area (Å²) in [6, 6.07) is 9.57. The van der Waals surface area contributed by atoms with Gasteiger partial charge in [-0.2, -0.15) is 0 Å². The van der Waals surface area contributed by atoms with Crippen LogP contribution in [0, 0.1) is 0 Å². The maximum absolute atomic E-state index is 12.9. The predicted octanol–water partition coefficient (Wildman–Crippen LogP) is 3.70. The Bertz CT molecular complexity index is 630. The molecule has 0 aliphatic carbocycles. The van der Waals surface area contributed by atoms with Crippen molar-refractivity contribution in [2.75, 3.05) is 33.4 Å². The maximum Gasteiger partial charge on any atom is 0.404 e. The van der Waals surface area contributed by atoms with Gasteiger partial charge in [0, 0.05) is 33.4 Å². The van der Waals surface area contributed by atoms with E-state index in [4.69, 9.17) is 14.6 Å². The zero-order valence-electron chi connectivity index (χ0n) is 20.3. The van der Waals surface area contributed by atoms with Crippen molar-refractivity contribution in [2.45, 2.75) is 77.0 Å². The lowest BCUT2D eigenvalue weighted by molar-refractivity contribution is -0.124. The Balaban J connectivity index is 2.49. The van der Waals surface area contributed by atoms with Gasteiger partial charge in [-0.25, -0.2) is 4.79 Å². The van der Waals surface area contributed by atoms with Gasteiger partial charge < -0.3 is 30.5 Å². The number of hydrogen-bond acceptors (Lipinski definition) is 5. The lowest BCUT2D eigenvalue weighted by Crippen LogP contribution is -2.47. The van der Waals surface area contributed by atoms with Gasteiger partial charge in [-0.1, -0.05) is 62.9 Å². The molecule has 0 spiro atoms. The fourth-order valence-electron chi connectivity index (χ4n) is 3.48. The summed E-state index contributed by atoms with van der Waals surface area (Å²) >= 11 is 0. The quantitative estimate of drug-likeness (QED) is 0.219. The molecule has 2 atom stereocenters. The Labute approximate surface area is 198 Å². The Morgan fingerprint density at radius 3 is 2.45 bits per heavy atom. The Hall–Kier alpha value is -2.16. The number of carbonyl (C=O) groups is 2. The molecule has 0 saturated heterocycles. The van der Waals surface area contributed by atoms with Crippen LogP contribution in [0.2, 0.25) is 0 Å². The molecule has 33 heavy (non-hydrogen) atoms. The molecule has 0 bridgehead atoms. The first-order chi connectivity index (χ1) is 16.1. The van der Waals surface area contributed by atoms with Crippen molar-refractivity contribution in [3.8, 4) is 0 Å². The molecule has 1 aromatic carbocycles. The molecule has 0 radical (unpaired) electrons. The number of methoxy groups -OCH3 is 1. The average molecular weight is 466 g/mol. The standard InChI is InChI=1S/C25H43N3O5/c1-3-4-5-6-12-17-33-22(20-32-2)19-28-24(29)23(15-10-11-16-26-25(30)31)27-18-21-13-8-7-9-14-21/h7-9,13-14,22-23,26-27H,3-6,10-12,15-20H2,1-2H3,(H,28,29)(H,30,31)/t22?,23-/m0/s1. The summed E-state index contributed by atoms with van der Waals surface area (Å²) in [6.45, 7) is 4.65. The van der Waals surface area contributed by atoms with Gasteiger partial charge in [0.2, 0.25) is 5.91 Å². The van der Waals surface area contributed by atoms with Crippen LogP contribution in [0.15, 0.2) is 30.3 Å². The van der Waals surface area contributed by atoms with E-state index >= 15 is 0 Å². The van der Waals surface area contributed by atoms with Crippen LogP contribution in [0.25, 0.3) is 0 Å². The number of carbonyl (C=O) groups excluding carboxylic acids is 1. The van der Waals surface area contributed by atoms with E-state index in [1.165, 1.54) is 19.3 Å². The molecular weight excluding hydrogens is 422 g/mol. The highest BCUT2D eigenvalue weighted by Crippen LogP contribution is 2.06. The first kappa shape index (κ1) is 28.9. The van der Waals surface area contributed by atoms with E-state index in [-0.39, 0.29) is 18.1 Å². The largest absolute Gasteiger partial charge is 0.465 e. The summed E-state index contributed by atoms with van der Waals surface area (Å²) in [6.07, 6.45) is 6.68. The SMILES string of the molecule is CCCCCCCOC(CNC(=O)[C@H](CCCCNC(=O)O)NCc1ccccc1)COC. The second-order valence-corrected chi connectivity index (χ2v) is 8.25. The van der Waals surface area contributed by atoms with Gasteiger partial charge in [0.05, 0.1) is 18.8 Å². The van der Waals surface area contributed by atoms with Crippen molar-refractivity contribution in [1.82, 2.24) is 16.0 Å². The van der Waals surface area contributed by atoms with Gasteiger partial charge in [-0.15, -0.1) is 0 Å². The summed E-state index contributed by atoms with van der Waals surface area (Å²) in [4.78, 5) is 23.5. The normalized spacial score (nSPS) is 12.8. The first-order valence-corrected chi connectivity index (χ1v) is 12.2. The van der Waals surface area contributed by atoms with Crippen LogP contribution in [0.5, 0.6) is 0 Å². The summed E-state index contributed by atoms with van der Waals surface area (Å²) in [7, 11) is 1.63. The predicted molar refractivity (Wildman–Crippen MR) is 130 cm³/mol. The fourth-order valence-corrected chi connectivity index (χ4v) is 3.48. The maximum atomic E-state index is 12.9. The minimum absolute atomic E-state index is 0.0789. The number of hydrogen-bond donors (Lipinski definition) is 4. The van der Waals surface area contributed by atoms with Crippen LogP contribution in [0.4, 0.5) is 4.79 Å². The summed E-state index contributed by atoms with van der Waals surface area (Å²) in [5.41, 5.74) is 1.10. The Kier molecular flexibility index (Phi) is 16.9. The second kappa shape index (κ2) is 19.3. The van der Waals surface area contributed by atoms with Crippen LogP contribution in [0.3, 0.4) is 0 Å². The lowest BCUT2D eigenvalue weighted by atomic mass is 10.1. The average Bonchev–Trinajstić information content (AvgIpc) is 2.81. The summed E-state index contributed by atoms with van der Waals surface area (Å²) in [5.74, 6) is -0.0789. The number of amides is 2. The molecule has 0 aliphatic rings. The monoisotopic (exact) mass is 465 g/mol. The molecule has 2 amide bonds. The molecule has 0 saturated carbocycles. The number of carboxylic acid groups (broad SMARTS) is 1. The van der Waals surface area contributed by atoms with E-state index in [9.17, 15) is 9.59 Å². The van der Waals surface area contributed by atoms with Gasteiger partial charge in [0.1, 0.15) is 0 Å². The molecule has 4 N–H and O–H groups in total. The van der Waals surface area contributed by atoms with Crippen molar-refractivity contribution in [2.24, 2.45) is 0 Å². The third-order valence-corrected chi connectivity index (χ3v) is 5.37. The minimum Gasteiger partial charge on any atom is -0.465 e. The highest BCUT2D eigenvalue weighted by atomic mass is 16.5. The molecule has 1 rings (SSSR count). The number of benzene rings is 1. The lowest BCUT2D eigenvalue weighted by Gasteiger charge is -2.22. The number of rotatable bonds is 20. The fraction of sp³-hybridized carbons (Fsp3) is 0.680. The van der Waals surface area contributed by atoms with Crippen molar-refractivity contribution in [3.05, 3.63) is 35.9 Å². The van der Waals surface area contributed by atoms with Gasteiger partial charge in [-0.05, 0) is 31.2 Å². The Morgan fingerprint density at radius 2 is 1.76 bits per heavy atom. The van der Waals surface area contributed by atoms with E-state index in [1.54, 1.807) is 7.11 Å². The third-order valence-electron chi connectivity index (χ3n) is 5.37. The second-order valence-electron chi connectivity index (χ2n) is 8.25. The van der Waals surface area contributed by atoms with E-state index in [0.717, 1.165) is 24.8 Å². The van der Waals surface area contributed by atoms with Crippen LogP contribution in [0.1, 0.15) is 63.9 Å². The molecule has 8 heteroatoms. The van der Waals surface area contributed by atoms with Gasteiger partial charge >= 0.3 is 6.09 Å². The summed E-state index contributed by atoms with van der Waals surface area (Å²) < 4.78 is 11.2. The number of ether oxygens (including phenoxy) is 2. The van der Waals surface area contributed by atoms with Crippen LogP contribution >= 0.6 is 0 Å². The summed E-state index contributed by atoms with van der Waals surface area (Å²) in [5, 5.41) is 17.4. The number of unbranched alkanes of at least 4 members (excludes halogenated alkanes) is 5. The van der Waals surface area contributed by atoms with Crippen molar-refractivity contribution in [1.29, 1.82) is 0 Å². The van der Waals surface area contributed by atoms with Crippen molar-refractivity contribution >= 4 is 12.0 Å². The topological polar surface area (TPSA) is 109 Å². The van der Waals surface area contributed by atoms with E-state index in [2.05, 4.69) is 22.9 Å². The molecule has 0 heterocycles. The highest BCUT2D eigenvalue weighted by molar-refractivity contribution is 5.81. The van der Waals surface area contributed by atoms with Gasteiger partial charge in [0.25, 0.3) is 0 Å². The minimum atomic E-state index is -1.03. The molecule has 188 valence electrons. The third kappa shape index (κ3) is 15.3. The molecule has 0 aromatic heterocycles. The molecule has 0 aliphatic heterocycles. The van der Waals surface area contributed by atoms with Gasteiger partial charge in [0.15, 0.2) is 0 Å². The van der Waals surface area contributed by atoms with Crippen molar-refractivity contribution < 1.29 is 24.2 Å². The zero-order chi connectivity index (χ0) is 24.2. The molecular formula is C25H43N3O5. The van der Waals surface area contributed by atoms with E-state index in [1.807, 2.05) is 30.3 Å². The molecule has 8 nitrogen and oxygen atoms in total. The smallest absolute Gasteiger partial charge is 0.404 e. The highest BCUT2D eigenvalue weighted by Gasteiger charge is 2.19.